The lowest BCUT2D eigenvalue weighted by Crippen LogP contribution is -2.34. The number of nitrogens with one attached hydrogen (secondary N) is 1. The zero-order chi connectivity index (χ0) is 13.8. The zero-order valence-corrected chi connectivity index (χ0v) is 12.3. The van der Waals surface area contributed by atoms with Crippen LogP contribution in [0.2, 0.25) is 0 Å². The van der Waals surface area contributed by atoms with Crippen LogP contribution in [-0.2, 0) is 4.79 Å². The van der Waals surface area contributed by atoms with E-state index < -0.39 is 0 Å². The third-order valence-electron chi connectivity index (χ3n) is 4.24. The molecule has 1 fully saturated rings. The van der Waals surface area contributed by atoms with E-state index in [4.69, 9.17) is 0 Å². The van der Waals surface area contributed by atoms with Gasteiger partial charge in [0.1, 0.15) is 0 Å². The molecule has 19 heavy (non-hydrogen) atoms. The number of amides is 1. The molecule has 2 rings (SSSR count). The van der Waals surface area contributed by atoms with Crippen molar-refractivity contribution in [1.29, 1.82) is 0 Å². The minimum atomic E-state index is 0.106. The number of carbonyl (C=O) groups excluding carboxylic acids is 1. The first-order chi connectivity index (χ1) is 9.08. The number of rotatable bonds is 3. The van der Waals surface area contributed by atoms with Crippen LogP contribution in [0.25, 0.3) is 0 Å². The van der Waals surface area contributed by atoms with Crippen molar-refractivity contribution in [3.63, 3.8) is 0 Å². The summed E-state index contributed by atoms with van der Waals surface area (Å²) in [6.45, 7) is 6.29. The Kier molecular flexibility index (Phi) is 4.62. The quantitative estimate of drug-likeness (QED) is 0.871. The Bertz CT molecular complexity index is 447. The molecular weight excluding hydrogens is 234 g/mol. The van der Waals surface area contributed by atoms with Crippen LogP contribution in [0.5, 0.6) is 0 Å². The molecule has 1 aromatic rings. The van der Waals surface area contributed by atoms with E-state index in [0.29, 0.717) is 0 Å². The van der Waals surface area contributed by atoms with Crippen LogP contribution < -0.4 is 5.32 Å². The van der Waals surface area contributed by atoms with E-state index in [-0.39, 0.29) is 17.9 Å². The SMILES string of the molecule is Cc1ccc(C)c([C@H](C)NC(=O)C2CCCCC2)c1. The first-order valence-corrected chi connectivity index (χ1v) is 7.45. The fraction of sp³-hybridized carbons (Fsp3) is 0.588. The highest BCUT2D eigenvalue weighted by molar-refractivity contribution is 5.79. The van der Waals surface area contributed by atoms with E-state index in [1.54, 1.807) is 0 Å². The third-order valence-corrected chi connectivity index (χ3v) is 4.24. The maximum absolute atomic E-state index is 12.3. The summed E-state index contributed by atoms with van der Waals surface area (Å²) in [6, 6.07) is 6.54. The molecule has 1 saturated carbocycles. The van der Waals surface area contributed by atoms with Gasteiger partial charge in [-0.2, -0.15) is 0 Å². The highest BCUT2D eigenvalue weighted by Gasteiger charge is 2.22. The van der Waals surface area contributed by atoms with Crippen LogP contribution >= 0.6 is 0 Å². The Hall–Kier alpha value is -1.31. The molecule has 1 aliphatic carbocycles. The van der Waals surface area contributed by atoms with Crippen molar-refractivity contribution >= 4 is 5.91 Å². The first kappa shape index (κ1) is 14.1. The van der Waals surface area contributed by atoms with Gasteiger partial charge in [0.25, 0.3) is 0 Å². The summed E-state index contributed by atoms with van der Waals surface area (Å²) in [4.78, 5) is 12.3. The van der Waals surface area contributed by atoms with Gasteiger partial charge >= 0.3 is 0 Å². The summed E-state index contributed by atoms with van der Waals surface area (Å²) in [5, 5.41) is 3.20. The molecule has 0 heterocycles. The van der Waals surface area contributed by atoms with E-state index in [1.807, 2.05) is 0 Å². The average Bonchev–Trinajstić information content (AvgIpc) is 2.42. The van der Waals surface area contributed by atoms with Gasteiger partial charge < -0.3 is 5.32 Å². The van der Waals surface area contributed by atoms with E-state index in [9.17, 15) is 4.79 Å². The average molecular weight is 259 g/mol. The minimum Gasteiger partial charge on any atom is -0.349 e. The van der Waals surface area contributed by atoms with Gasteiger partial charge in [-0.25, -0.2) is 0 Å². The maximum Gasteiger partial charge on any atom is 0.223 e. The van der Waals surface area contributed by atoms with Gasteiger partial charge in [0.05, 0.1) is 6.04 Å². The fourth-order valence-corrected chi connectivity index (χ4v) is 3.00. The lowest BCUT2D eigenvalue weighted by atomic mass is 9.88. The Morgan fingerprint density at radius 2 is 1.89 bits per heavy atom. The molecular formula is C17H25NO. The lowest BCUT2D eigenvalue weighted by molar-refractivity contribution is -0.126. The molecule has 1 aromatic carbocycles. The normalized spacial score (nSPS) is 18.1. The predicted molar refractivity (Wildman–Crippen MR) is 79.0 cm³/mol. The molecule has 0 spiro atoms. The molecule has 0 radical (unpaired) electrons. The minimum absolute atomic E-state index is 0.106. The molecule has 2 nitrogen and oxygen atoms in total. The second-order valence-electron chi connectivity index (χ2n) is 5.93. The fourth-order valence-electron chi connectivity index (χ4n) is 3.00. The van der Waals surface area contributed by atoms with Gasteiger partial charge in [-0.05, 0) is 44.7 Å². The number of benzene rings is 1. The van der Waals surface area contributed by atoms with Crippen molar-refractivity contribution in [3.8, 4) is 0 Å². The second-order valence-corrected chi connectivity index (χ2v) is 5.93. The monoisotopic (exact) mass is 259 g/mol. The zero-order valence-electron chi connectivity index (χ0n) is 12.3. The summed E-state index contributed by atoms with van der Waals surface area (Å²) in [7, 11) is 0. The summed E-state index contributed by atoms with van der Waals surface area (Å²) in [6.07, 6.45) is 5.82. The first-order valence-electron chi connectivity index (χ1n) is 7.45. The lowest BCUT2D eigenvalue weighted by Gasteiger charge is -2.24. The van der Waals surface area contributed by atoms with Crippen molar-refractivity contribution in [2.24, 2.45) is 5.92 Å². The van der Waals surface area contributed by atoms with E-state index in [1.165, 1.54) is 36.0 Å². The van der Waals surface area contributed by atoms with Gasteiger partial charge in [-0.3, -0.25) is 4.79 Å². The Labute approximate surface area is 116 Å². The van der Waals surface area contributed by atoms with E-state index >= 15 is 0 Å². The van der Waals surface area contributed by atoms with E-state index in [0.717, 1.165) is 12.8 Å². The number of carbonyl (C=O) groups is 1. The van der Waals surface area contributed by atoms with Gasteiger partial charge in [-0.1, -0.05) is 43.0 Å². The maximum atomic E-state index is 12.3. The standard InChI is InChI=1S/C17H25NO/c1-12-9-10-13(2)16(11-12)14(3)18-17(19)15-7-5-4-6-8-15/h9-11,14-15H,4-8H2,1-3H3,(H,18,19)/t14-/m0/s1. The van der Waals surface area contributed by atoms with Crippen molar-refractivity contribution in [2.75, 3.05) is 0 Å². The molecule has 0 saturated heterocycles. The molecule has 0 aliphatic heterocycles. The molecule has 104 valence electrons. The Morgan fingerprint density at radius 1 is 1.21 bits per heavy atom. The van der Waals surface area contributed by atoms with Gasteiger partial charge in [0, 0.05) is 5.92 Å². The molecule has 0 unspecified atom stereocenters. The van der Waals surface area contributed by atoms with Crippen molar-refractivity contribution < 1.29 is 4.79 Å². The number of hydrogen-bond donors (Lipinski definition) is 1. The summed E-state index contributed by atoms with van der Waals surface area (Å²) in [5.41, 5.74) is 3.74. The van der Waals surface area contributed by atoms with Crippen LogP contribution in [0.3, 0.4) is 0 Å². The Balaban J connectivity index is 2.01. The molecule has 1 amide bonds. The summed E-state index contributed by atoms with van der Waals surface area (Å²) >= 11 is 0. The molecule has 1 N–H and O–H groups in total. The third kappa shape index (κ3) is 3.59. The molecule has 1 aliphatic rings. The van der Waals surface area contributed by atoms with Crippen LogP contribution in [0, 0.1) is 19.8 Å². The highest BCUT2D eigenvalue weighted by Crippen LogP contribution is 2.25. The van der Waals surface area contributed by atoms with Crippen LogP contribution in [0.15, 0.2) is 18.2 Å². The van der Waals surface area contributed by atoms with Gasteiger partial charge in [0.15, 0.2) is 0 Å². The molecule has 1 atom stereocenters. The van der Waals surface area contributed by atoms with Gasteiger partial charge in [0.2, 0.25) is 5.91 Å². The molecule has 0 bridgehead atoms. The highest BCUT2D eigenvalue weighted by atomic mass is 16.1. The second kappa shape index (κ2) is 6.23. The van der Waals surface area contributed by atoms with Crippen LogP contribution in [0.1, 0.15) is 61.8 Å². The van der Waals surface area contributed by atoms with E-state index in [2.05, 4.69) is 44.3 Å². The smallest absolute Gasteiger partial charge is 0.223 e. The summed E-state index contributed by atoms with van der Waals surface area (Å²) in [5.74, 6) is 0.481. The van der Waals surface area contributed by atoms with Crippen LogP contribution in [-0.4, -0.2) is 5.91 Å². The summed E-state index contributed by atoms with van der Waals surface area (Å²) < 4.78 is 0. The molecule has 2 heteroatoms. The number of hydrogen-bond acceptors (Lipinski definition) is 1. The van der Waals surface area contributed by atoms with Crippen LogP contribution in [0.4, 0.5) is 0 Å². The Morgan fingerprint density at radius 3 is 2.58 bits per heavy atom. The van der Waals surface area contributed by atoms with Crippen molar-refractivity contribution in [2.45, 2.75) is 58.9 Å². The van der Waals surface area contributed by atoms with Crippen molar-refractivity contribution in [3.05, 3.63) is 34.9 Å². The van der Waals surface area contributed by atoms with Gasteiger partial charge in [-0.15, -0.1) is 0 Å². The molecule has 0 aromatic heterocycles. The largest absolute Gasteiger partial charge is 0.349 e. The van der Waals surface area contributed by atoms with Crippen molar-refractivity contribution in [1.82, 2.24) is 5.32 Å². The predicted octanol–water partition coefficient (Wildman–Crippen LogP) is 4.06. The number of aryl methyl sites for hydroxylation is 2. The topological polar surface area (TPSA) is 29.1 Å².